The topological polar surface area (TPSA) is 36.4 Å². The Balaban J connectivity index is 1.58. The second-order valence-corrected chi connectivity index (χ2v) is 9.75. The van der Waals surface area contributed by atoms with Crippen LogP contribution in [-0.2, 0) is 11.2 Å². The Labute approximate surface area is 206 Å². The fraction of sp³-hybridized carbons (Fsp3) is 0.310. The van der Waals surface area contributed by atoms with Gasteiger partial charge < -0.3 is 4.90 Å². The lowest BCUT2D eigenvalue weighted by molar-refractivity contribution is -0.118. The molecule has 0 aliphatic rings. The van der Waals surface area contributed by atoms with E-state index >= 15 is 0 Å². The minimum atomic E-state index is 0.0908. The fourth-order valence-corrected chi connectivity index (χ4v) is 5.48. The number of carbonyl (C=O) groups is 1. The Morgan fingerprint density at radius 2 is 1.56 bits per heavy atom. The van der Waals surface area contributed by atoms with E-state index in [0.29, 0.717) is 13.0 Å². The molecule has 0 radical (unpaired) electrons. The number of likely N-dealkylation sites (N-methyl/N-ethyl adjacent to an activating group) is 1. The van der Waals surface area contributed by atoms with Gasteiger partial charge in [-0.05, 0) is 60.8 Å². The average Bonchev–Trinajstić information content (AvgIpc) is 3.27. The third-order valence-electron chi connectivity index (χ3n) is 6.30. The zero-order valence-corrected chi connectivity index (χ0v) is 21.4. The molecule has 0 saturated carbocycles. The molecule has 0 unspecified atom stereocenters. The number of aryl methyl sites for hydroxylation is 2. The second-order valence-electron chi connectivity index (χ2n) is 8.74. The standard InChI is InChI=1S/C29H33N3OS/c1-5-31(6-2)16-17-32(29-30-28-22(4)18-21(3)19-26(28)34-29)27(33)20-23-12-14-25(15-13-23)24-10-8-7-9-11-24/h7-15,18-19H,5-6,16-17,20H2,1-4H3. The van der Waals surface area contributed by atoms with E-state index in [1.165, 1.54) is 11.1 Å². The van der Waals surface area contributed by atoms with Gasteiger partial charge in [0.2, 0.25) is 5.91 Å². The Bertz CT molecular complexity index is 1240. The highest BCUT2D eigenvalue weighted by Gasteiger charge is 2.21. The van der Waals surface area contributed by atoms with E-state index in [4.69, 9.17) is 4.98 Å². The van der Waals surface area contributed by atoms with Crippen molar-refractivity contribution in [3.8, 4) is 11.1 Å². The zero-order chi connectivity index (χ0) is 24.1. The summed E-state index contributed by atoms with van der Waals surface area (Å²) >= 11 is 1.61. The van der Waals surface area contributed by atoms with E-state index in [0.717, 1.165) is 51.7 Å². The van der Waals surface area contributed by atoms with E-state index in [-0.39, 0.29) is 5.91 Å². The number of hydrogen-bond acceptors (Lipinski definition) is 4. The van der Waals surface area contributed by atoms with Gasteiger partial charge in [0.05, 0.1) is 16.6 Å². The molecule has 0 fully saturated rings. The van der Waals surface area contributed by atoms with Crippen LogP contribution in [0.1, 0.15) is 30.5 Å². The van der Waals surface area contributed by atoms with Gasteiger partial charge in [0.1, 0.15) is 0 Å². The summed E-state index contributed by atoms with van der Waals surface area (Å²) in [6.45, 7) is 11.9. The maximum Gasteiger partial charge on any atom is 0.233 e. The molecule has 0 aliphatic heterocycles. The lowest BCUT2D eigenvalue weighted by atomic mass is 10.0. The first-order valence-corrected chi connectivity index (χ1v) is 12.8. The van der Waals surface area contributed by atoms with Crippen molar-refractivity contribution in [3.05, 3.63) is 83.4 Å². The summed E-state index contributed by atoms with van der Waals surface area (Å²) in [6, 6.07) is 23.0. The normalized spacial score (nSPS) is 11.3. The molecule has 1 heterocycles. The summed E-state index contributed by atoms with van der Waals surface area (Å²) in [4.78, 5) is 22.7. The first-order valence-electron chi connectivity index (χ1n) is 12.0. The number of thiazole rings is 1. The lowest BCUT2D eigenvalue weighted by Gasteiger charge is -2.24. The maximum atomic E-state index is 13.6. The number of amides is 1. The van der Waals surface area contributed by atoms with Gasteiger partial charge in [-0.3, -0.25) is 9.69 Å². The summed E-state index contributed by atoms with van der Waals surface area (Å²) in [6.07, 6.45) is 0.362. The van der Waals surface area contributed by atoms with Gasteiger partial charge in [-0.25, -0.2) is 4.98 Å². The van der Waals surface area contributed by atoms with Crippen molar-refractivity contribution in [1.29, 1.82) is 0 Å². The molecule has 176 valence electrons. The monoisotopic (exact) mass is 471 g/mol. The Morgan fingerprint density at radius 1 is 0.882 bits per heavy atom. The molecular formula is C29H33N3OS. The number of anilines is 1. The van der Waals surface area contributed by atoms with E-state index in [1.807, 2.05) is 23.1 Å². The first-order chi connectivity index (χ1) is 16.5. The average molecular weight is 472 g/mol. The molecule has 4 aromatic rings. The quantitative estimate of drug-likeness (QED) is 0.280. The van der Waals surface area contributed by atoms with E-state index in [9.17, 15) is 4.79 Å². The molecule has 0 N–H and O–H groups in total. The van der Waals surface area contributed by atoms with Crippen LogP contribution in [0.15, 0.2) is 66.7 Å². The van der Waals surface area contributed by atoms with Crippen molar-refractivity contribution in [2.24, 2.45) is 0 Å². The molecule has 4 rings (SSSR count). The van der Waals surface area contributed by atoms with Crippen molar-refractivity contribution in [2.75, 3.05) is 31.1 Å². The largest absolute Gasteiger partial charge is 0.302 e. The van der Waals surface area contributed by atoms with Crippen LogP contribution in [-0.4, -0.2) is 42.0 Å². The van der Waals surface area contributed by atoms with Gasteiger partial charge in [-0.2, -0.15) is 0 Å². The summed E-state index contributed by atoms with van der Waals surface area (Å²) in [5.41, 5.74) is 6.74. The van der Waals surface area contributed by atoms with E-state index < -0.39 is 0 Å². The third kappa shape index (κ3) is 5.54. The number of hydrogen-bond donors (Lipinski definition) is 0. The SMILES string of the molecule is CCN(CC)CCN(C(=O)Cc1ccc(-c2ccccc2)cc1)c1nc2c(C)cc(C)cc2s1. The van der Waals surface area contributed by atoms with E-state index in [2.05, 4.69) is 81.1 Å². The number of benzene rings is 3. The molecule has 0 atom stereocenters. The Hall–Kier alpha value is -3.02. The predicted molar refractivity (Wildman–Crippen MR) is 145 cm³/mol. The molecule has 4 nitrogen and oxygen atoms in total. The number of nitrogens with zero attached hydrogens (tertiary/aromatic N) is 3. The van der Waals surface area contributed by atoms with Crippen molar-refractivity contribution in [1.82, 2.24) is 9.88 Å². The molecule has 5 heteroatoms. The number of carbonyl (C=O) groups excluding carboxylic acids is 1. The highest BCUT2D eigenvalue weighted by atomic mass is 32.1. The van der Waals surface area contributed by atoms with Crippen molar-refractivity contribution < 1.29 is 4.79 Å². The summed E-state index contributed by atoms with van der Waals surface area (Å²) in [5, 5.41) is 0.793. The van der Waals surface area contributed by atoms with Crippen LogP contribution in [0.5, 0.6) is 0 Å². The van der Waals surface area contributed by atoms with Crippen LogP contribution in [0.2, 0.25) is 0 Å². The first kappa shape index (κ1) is 24.1. The molecule has 0 spiro atoms. The highest BCUT2D eigenvalue weighted by Crippen LogP contribution is 2.32. The van der Waals surface area contributed by atoms with Crippen LogP contribution < -0.4 is 4.90 Å². The predicted octanol–water partition coefficient (Wildman–Crippen LogP) is 6.50. The van der Waals surface area contributed by atoms with Crippen molar-refractivity contribution in [3.63, 3.8) is 0 Å². The second kappa shape index (κ2) is 10.9. The molecule has 0 bridgehead atoms. The van der Waals surface area contributed by atoms with E-state index in [1.54, 1.807) is 11.3 Å². The van der Waals surface area contributed by atoms with Crippen LogP contribution in [0.4, 0.5) is 5.13 Å². The highest BCUT2D eigenvalue weighted by molar-refractivity contribution is 7.22. The zero-order valence-electron chi connectivity index (χ0n) is 20.5. The van der Waals surface area contributed by atoms with Crippen molar-refractivity contribution >= 4 is 32.6 Å². The summed E-state index contributed by atoms with van der Waals surface area (Å²) in [7, 11) is 0. The summed E-state index contributed by atoms with van der Waals surface area (Å²) in [5.74, 6) is 0.0908. The van der Waals surface area contributed by atoms with Crippen molar-refractivity contribution in [2.45, 2.75) is 34.1 Å². The maximum absolute atomic E-state index is 13.6. The molecule has 1 aromatic heterocycles. The van der Waals surface area contributed by atoms with Crippen LogP contribution in [0.3, 0.4) is 0 Å². The fourth-order valence-electron chi connectivity index (χ4n) is 4.30. The Kier molecular flexibility index (Phi) is 7.76. The van der Waals surface area contributed by atoms with Crippen LogP contribution in [0, 0.1) is 13.8 Å². The molecular weight excluding hydrogens is 438 g/mol. The number of aromatic nitrogens is 1. The van der Waals surface area contributed by atoms with Gasteiger partial charge >= 0.3 is 0 Å². The number of rotatable bonds is 9. The molecule has 0 aliphatic carbocycles. The third-order valence-corrected chi connectivity index (χ3v) is 7.33. The van der Waals surface area contributed by atoms with Crippen LogP contribution in [0.25, 0.3) is 21.3 Å². The molecule has 3 aromatic carbocycles. The van der Waals surface area contributed by atoms with Gasteiger partial charge in [-0.1, -0.05) is 85.8 Å². The van der Waals surface area contributed by atoms with Gasteiger partial charge in [0.25, 0.3) is 0 Å². The number of fused-ring (bicyclic) bond motifs is 1. The van der Waals surface area contributed by atoms with Gasteiger partial charge in [0.15, 0.2) is 5.13 Å². The van der Waals surface area contributed by atoms with Gasteiger partial charge in [0, 0.05) is 13.1 Å². The minimum absolute atomic E-state index is 0.0908. The van der Waals surface area contributed by atoms with Crippen LogP contribution >= 0.6 is 11.3 Å². The molecule has 0 saturated heterocycles. The lowest BCUT2D eigenvalue weighted by Crippen LogP contribution is -2.39. The Morgan fingerprint density at radius 3 is 2.24 bits per heavy atom. The molecule has 1 amide bonds. The minimum Gasteiger partial charge on any atom is -0.302 e. The summed E-state index contributed by atoms with van der Waals surface area (Å²) < 4.78 is 1.14. The smallest absolute Gasteiger partial charge is 0.233 e. The molecule has 34 heavy (non-hydrogen) atoms. The van der Waals surface area contributed by atoms with Gasteiger partial charge in [-0.15, -0.1) is 0 Å².